The number of ether oxygens (including phenoxy) is 1. The molecule has 6 heteroatoms. The van der Waals surface area contributed by atoms with Crippen LogP contribution in [-0.2, 0) is 13.9 Å². The molecule has 1 N–H and O–H groups in total. The van der Waals surface area contributed by atoms with Gasteiger partial charge in [-0.3, -0.25) is 0 Å². The SMILES string of the molecule is CCCCCCCCCCCCCCCCCCOc1ccc(C(Cc2ccccc2)O[As](=O)(O)F)cc1. The van der Waals surface area contributed by atoms with E-state index >= 15 is 0 Å². The first-order valence-electron chi connectivity index (χ1n) is 15.0. The summed E-state index contributed by atoms with van der Waals surface area (Å²) in [4.78, 5) is 0. The van der Waals surface area contributed by atoms with E-state index in [1.807, 2.05) is 42.5 Å². The fourth-order valence-corrected chi connectivity index (χ4v) is 5.89. The summed E-state index contributed by atoms with van der Waals surface area (Å²) in [7, 11) is 0. The summed E-state index contributed by atoms with van der Waals surface area (Å²) < 4.78 is 44.8. The fraction of sp³-hybridized carbons (Fsp3) is 0.625. The number of unbranched alkanes of at least 4 members (excludes halogenated alkanes) is 15. The Balaban J connectivity index is 1.52. The van der Waals surface area contributed by atoms with Gasteiger partial charge in [-0.2, -0.15) is 0 Å². The van der Waals surface area contributed by atoms with Gasteiger partial charge in [-0.25, -0.2) is 0 Å². The number of hydrogen-bond acceptors (Lipinski definition) is 3. The van der Waals surface area contributed by atoms with Crippen molar-refractivity contribution in [1.29, 1.82) is 0 Å². The van der Waals surface area contributed by atoms with Gasteiger partial charge in [0.2, 0.25) is 0 Å². The number of benzene rings is 2. The monoisotopic (exact) mass is 592 g/mol. The van der Waals surface area contributed by atoms with Crippen molar-refractivity contribution in [1.82, 2.24) is 0 Å². The molecule has 0 radical (unpaired) electrons. The summed E-state index contributed by atoms with van der Waals surface area (Å²) in [6, 6.07) is 16.6. The molecule has 0 aliphatic rings. The van der Waals surface area contributed by atoms with Gasteiger partial charge in [0, 0.05) is 0 Å². The van der Waals surface area contributed by atoms with Crippen LogP contribution in [-0.4, -0.2) is 25.3 Å². The summed E-state index contributed by atoms with van der Waals surface area (Å²) in [5, 5.41) is 0. The van der Waals surface area contributed by atoms with Gasteiger partial charge in [0.25, 0.3) is 0 Å². The molecule has 0 saturated heterocycles. The van der Waals surface area contributed by atoms with Crippen molar-refractivity contribution in [2.45, 2.75) is 122 Å². The fourth-order valence-electron chi connectivity index (χ4n) is 4.82. The van der Waals surface area contributed by atoms with Gasteiger partial charge in [-0.15, -0.1) is 0 Å². The Morgan fingerprint density at radius 2 is 1.18 bits per heavy atom. The zero-order chi connectivity index (χ0) is 27.3. The maximum atomic E-state index is 13.5. The first-order chi connectivity index (χ1) is 18.5. The molecule has 0 amide bonds. The molecular formula is C32H50AsFO4. The van der Waals surface area contributed by atoms with Crippen LogP contribution in [0.2, 0.25) is 0 Å². The molecule has 0 heterocycles. The van der Waals surface area contributed by atoms with E-state index in [0.717, 1.165) is 17.7 Å². The number of rotatable bonds is 23. The summed E-state index contributed by atoms with van der Waals surface area (Å²) in [6.45, 7) is 2.94. The molecule has 38 heavy (non-hydrogen) atoms. The minimum atomic E-state index is -5.76. The zero-order valence-corrected chi connectivity index (χ0v) is 25.4. The summed E-state index contributed by atoms with van der Waals surface area (Å²) in [6.07, 6.45) is 21.0. The molecule has 0 spiro atoms. The number of hydrogen-bond donors (Lipinski definition) is 1. The molecule has 214 valence electrons. The standard InChI is InChI=1S/C32H50AsFO4/c1-2-3-4-5-6-7-8-9-10-11-12-13-14-15-16-20-27-37-31-25-23-30(24-26-31)32(38-33(34,35)36)28-29-21-18-17-19-22-29/h17-19,21-26,32H,2-16,20,27-28H2,1H3,(H,35,36). The van der Waals surface area contributed by atoms with Crippen LogP contribution in [0.15, 0.2) is 54.6 Å². The second kappa shape index (κ2) is 20.4. The molecule has 0 aliphatic heterocycles. The third-order valence-electron chi connectivity index (χ3n) is 7.04. The molecular weight excluding hydrogens is 542 g/mol. The molecule has 0 aliphatic carbocycles. The molecule has 2 unspecified atom stereocenters. The van der Waals surface area contributed by atoms with Gasteiger partial charge in [-0.05, 0) is 0 Å². The Morgan fingerprint density at radius 1 is 0.711 bits per heavy atom. The normalized spacial score (nSPS) is 13.8. The van der Waals surface area contributed by atoms with Crippen LogP contribution in [0.1, 0.15) is 127 Å². The van der Waals surface area contributed by atoms with E-state index in [9.17, 15) is 11.3 Å². The van der Waals surface area contributed by atoms with Crippen molar-refractivity contribution in [3.63, 3.8) is 0 Å². The van der Waals surface area contributed by atoms with Crippen LogP contribution < -0.4 is 4.74 Å². The van der Waals surface area contributed by atoms with Crippen molar-refractivity contribution < 1.29 is 19.8 Å². The van der Waals surface area contributed by atoms with Gasteiger partial charge in [0.1, 0.15) is 0 Å². The zero-order valence-electron chi connectivity index (χ0n) is 23.5. The second-order valence-electron chi connectivity index (χ2n) is 10.5. The van der Waals surface area contributed by atoms with E-state index in [1.165, 1.54) is 96.3 Å². The third-order valence-corrected chi connectivity index (χ3v) is 8.12. The topological polar surface area (TPSA) is 55.8 Å². The maximum absolute atomic E-state index is 13.5. The molecule has 0 saturated carbocycles. The van der Waals surface area contributed by atoms with Crippen molar-refractivity contribution in [2.75, 3.05) is 6.61 Å². The Kier molecular flexibility index (Phi) is 17.5. The molecule has 2 aromatic rings. The van der Waals surface area contributed by atoms with Gasteiger partial charge < -0.3 is 0 Å². The van der Waals surface area contributed by atoms with Crippen molar-refractivity contribution in [3.05, 3.63) is 65.7 Å². The van der Waals surface area contributed by atoms with Crippen molar-refractivity contribution in [2.24, 2.45) is 0 Å². The Hall–Kier alpha value is -1.55. The molecule has 2 rings (SSSR count). The first-order valence-corrected chi connectivity index (χ1v) is 18.0. The van der Waals surface area contributed by atoms with E-state index in [1.54, 1.807) is 12.1 Å². The quantitative estimate of drug-likeness (QED) is 0.103. The van der Waals surface area contributed by atoms with Gasteiger partial charge in [0.05, 0.1) is 0 Å². The summed E-state index contributed by atoms with van der Waals surface area (Å²) in [5.41, 5.74) is 1.56. The molecule has 0 fully saturated rings. The van der Waals surface area contributed by atoms with Crippen molar-refractivity contribution in [3.8, 4) is 5.75 Å². The third kappa shape index (κ3) is 16.4. The summed E-state index contributed by atoms with van der Waals surface area (Å²) in [5.74, 6) is 0.742. The molecule has 0 aromatic heterocycles. The average molecular weight is 593 g/mol. The van der Waals surface area contributed by atoms with E-state index in [0.29, 0.717) is 18.6 Å². The van der Waals surface area contributed by atoms with E-state index < -0.39 is 20.7 Å². The van der Waals surface area contributed by atoms with Crippen LogP contribution in [0.25, 0.3) is 0 Å². The van der Waals surface area contributed by atoms with Gasteiger partial charge >= 0.3 is 151 Å². The van der Waals surface area contributed by atoms with E-state index in [-0.39, 0.29) is 0 Å². The molecule has 2 atom stereocenters. The first kappa shape index (κ1) is 32.7. The Morgan fingerprint density at radius 3 is 1.66 bits per heavy atom. The molecule has 0 bridgehead atoms. The van der Waals surface area contributed by atoms with Crippen LogP contribution in [0.4, 0.5) is 3.47 Å². The van der Waals surface area contributed by atoms with E-state index in [2.05, 4.69) is 6.92 Å². The average Bonchev–Trinajstić information content (AvgIpc) is 2.90. The van der Waals surface area contributed by atoms with Gasteiger partial charge in [-0.1, -0.05) is 84.0 Å². The summed E-state index contributed by atoms with van der Waals surface area (Å²) >= 11 is -5.76. The van der Waals surface area contributed by atoms with Crippen LogP contribution in [0, 0.1) is 0 Å². The van der Waals surface area contributed by atoms with Gasteiger partial charge in [0.15, 0.2) is 0 Å². The van der Waals surface area contributed by atoms with Crippen molar-refractivity contribution >= 4 is 14.6 Å². The Labute approximate surface area is 234 Å². The molecule has 2 aromatic carbocycles. The molecule has 4 nitrogen and oxygen atoms in total. The number of halogens is 1. The van der Waals surface area contributed by atoms with Crippen LogP contribution >= 0.6 is 0 Å². The van der Waals surface area contributed by atoms with E-state index in [4.69, 9.17) is 8.46 Å². The predicted octanol–water partition coefficient (Wildman–Crippen LogP) is 9.46. The van der Waals surface area contributed by atoms with Crippen LogP contribution in [0.3, 0.4) is 0 Å². The van der Waals surface area contributed by atoms with Crippen LogP contribution in [0.5, 0.6) is 5.75 Å². The minimum absolute atomic E-state index is 0.315. The second-order valence-corrected chi connectivity index (χ2v) is 12.8. The Bertz CT molecular complexity index is 869. The predicted molar refractivity (Wildman–Crippen MR) is 155 cm³/mol.